The van der Waals surface area contributed by atoms with Crippen molar-refractivity contribution in [1.29, 1.82) is 0 Å². The molecule has 1 aromatic rings. The van der Waals surface area contributed by atoms with Crippen LogP contribution in [0.4, 0.5) is 0 Å². The van der Waals surface area contributed by atoms with Crippen molar-refractivity contribution in [3.05, 3.63) is 35.9 Å². The molecule has 1 aromatic carbocycles. The molecule has 0 fully saturated rings. The molecule has 0 heterocycles. The summed E-state index contributed by atoms with van der Waals surface area (Å²) in [6.45, 7) is 7.05. The molecular formula is C18H28O2Si. The molecule has 3 heteroatoms. The highest BCUT2D eigenvalue weighted by atomic mass is 28.3. The van der Waals surface area contributed by atoms with Crippen LogP contribution in [0, 0.1) is 11.8 Å². The molecule has 1 rings (SSSR count). The van der Waals surface area contributed by atoms with Gasteiger partial charge in [0.15, 0.2) is 6.29 Å². The van der Waals surface area contributed by atoms with Crippen LogP contribution in [0.25, 0.3) is 0 Å². The van der Waals surface area contributed by atoms with Crippen molar-refractivity contribution in [3.8, 4) is 11.8 Å². The van der Waals surface area contributed by atoms with Gasteiger partial charge in [0, 0.05) is 33.1 Å². The lowest BCUT2D eigenvalue weighted by Crippen LogP contribution is -2.18. The number of hydrogen-bond donors (Lipinski definition) is 0. The van der Waals surface area contributed by atoms with Crippen molar-refractivity contribution < 1.29 is 9.47 Å². The molecule has 0 saturated heterocycles. The molecule has 2 nitrogen and oxygen atoms in total. The highest BCUT2D eigenvalue weighted by molar-refractivity contribution is 6.76. The fraction of sp³-hybridized carbons (Fsp3) is 0.556. The van der Waals surface area contributed by atoms with E-state index >= 15 is 0 Å². The smallest absolute Gasteiger partial charge is 0.157 e. The lowest BCUT2D eigenvalue weighted by Gasteiger charge is -2.20. The van der Waals surface area contributed by atoms with Crippen LogP contribution in [0.15, 0.2) is 30.3 Å². The Labute approximate surface area is 130 Å². The predicted molar refractivity (Wildman–Crippen MR) is 92.2 cm³/mol. The van der Waals surface area contributed by atoms with Crippen LogP contribution < -0.4 is 0 Å². The van der Waals surface area contributed by atoms with Gasteiger partial charge in [0.2, 0.25) is 0 Å². The Bertz CT molecular complexity index is 450. The predicted octanol–water partition coefficient (Wildman–Crippen LogP) is 4.51. The summed E-state index contributed by atoms with van der Waals surface area (Å²) in [5.74, 6) is 7.08. The molecule has 0 N–H and O–H groups in total. The molecule has 1 unspecified atom stereocenters. The molecule has 0 aliphatic heterocycles. The van der Waals surface area contributed by atoms with Gasteiger partial charge in [-0.1, -0.05) is 50.0 Å². The second-order valence-electron chi connectivity index (χ2n) is 6.54. The van der Waals surface area contributed by atoms with E-state index in [0.29, 0.717) is 5.92 Å². The third-order valence-electron chi connectivity index (χ3n) is 3.37. The van der Waals surface area contributed by atoms with Gasteiger partial charge in [-0.15, -0.1) is 11.8 Å². The van der Waals surface area contributed by atoms with E-state index in [-0.39, 0.29) is 6.29 Å². The van der Waals surface area contributed by atoms with Crippen LogP contribution in [0.5, 0.6) is 0 Å². The second kappa shape index (κ2) is 9.04. The molecule has 0 bridgehead atoms. The maximum Gasteiger partial charge on any atom is 0.157 e. The number of ether oxygens (including phenoxy) is 2. The second-order valence-corrected chi connectivity index (χ2v) is 12.0. The quantitative estimate of drug-likeness (QED) is 0.419. The molecule has 0 radical (unpaired) electrons. The molecule has 0 aliphatic carbocycles. The molecule has 0 aliphatic rings. The van der Waals surface area contributed by atoms with Gasteiger partial charge in [0.05, 0.1) is 8.07 Å². The fourth-order valence-electron chi connectivity index (χ4n) is 2.11. The highest BCUT2D eigenvalue weighted by Gasteiger charge is 2.17. The van der Waals surface area contributed by atoms with Crippen molar-refractivity contribution in [2.75, 3.05) is 14.2 Å². The molecular weight excluding hydrogens is 276 g/mol. The standard InChI is InChI=1S/C18H28O2Si/c1-19-18(20-2)15-17(16-11-7-6-8-12-16)13-9-10-14-21(3,4)5/h6-8,11-12,17-18H,13-15H2,1-5H3. The largest absolute Gasteiger partial charge is 0.356 e. The molecule has 0 saturated carbocycles. The van der Waals surface area contributed by atoms with Gasteiger partial charge < -0.3 is 9.47 Å². The van der Waals surface area contributed by atoms with Crippen LogP contribution in [0.3, 0.4) is 0 Å². The number of hydrogen-bond acceptors (Lipinski definition) is 2. The summed E-state index contributed by atoms with van der Waals surface area (Å²) in [7, 11) is 2.30. The third-order valence-corrected chi connectivity index (χ3v) is 4.60. The van der Waals surface area contributed by atoms with Gasteiger partial charge in [0.25, 0.3) is 0 Å². The Hall–Kier alpha value is -1.08. The average Bonchev–Trinajstić information content (AvgIpc) is 2.46. The zero-order valence-electron chi connectivity index (χ0n) is 14.0. The fourth-order valence-corrected chi connectivity index (χ4v) is 2.76. The van der Waals surface area contributed by atoms with E-state index in [2.05, 4.69) is 55.7 Å². The molecule has 1 atom stereocenters. The van der Waals surface area contributed by atoms with Crippen LogP contribution in [0.1, 0.15) is 24.3 Å². The molecule has 21 heavy (non-hydrogen) atoms. The van der Waals surface area contributed by atoms with E-state index in [9.17, 15) is 0 Å². The minimum Gasteiger partial charge on any atom is -0.356 e. The van der Waals surface area contributed by atoms with Crippen LogP contribution in [0.2, 0.25) is 25.7 Å². The minimum atomic E-state index is -1.08. The normalized spacial score (nSPS) is 12.9. The summed E-state index contributed by atoms with van der Waals surface area (Å²) < 4.78 is 10.7. The summed E-state index contributed by atoms with van der Waals surface area (Å²) in [4.78, 5) is 0. The van der Waals surface area contributed by atoms with E-state index < -0.39 is 8.07 Å². The van der Waals surface area contributed by atoms with Crippen LogP contribution in [-0.4, -0.2) is 28.6 Å². The summed E-state index contributed by atoms with van der Waals surface area (Å²) in [6, 6.07) is 11.6. The van der Waals surface area contributed by atoms with Gasteiger partial charge in [-0.2, -0.15) is 0 Å². The van der Waals surface area contributed by atoms with Crippen LogP contribution >= 0.6 is 0 Å². The lowest BCUT2D eigenvalue weighted by atomic mass is 9.92. The van der Waals surface area contributed by atoms with Crippen molar-refractivity contribution >= 4 is 8.07 Å². The lowest BCUT2D eigenvalue weighted by molar-refractivity contribution is -0.109. The zero-order chi connectivity index (χ0) is 15.7. The number of benzene rings is 1. The Kier molecular flexibility index (Phi) is 7.74. The van der Waals surface area contributed by atoms with Gasteiger partial charge in [-0.3, -0.25) is 0 Å². The first-order chi connectivity index (χ1) is 9.96. The molecule has 116 valence electrons. The first-order valence-electron chi connectivity index (χ1n) is 7.52. The maximum absolute atomic E-state index is 5.35. The van der Waals surface area contributed by atoms with E-state index in [4.69, 9.17) is 9.47 Å². The summed E-state index contributed by atoms with van der Waals surface area (Å²) in [5, 5.41) is 0. The molecule has 0 amide bonds. The minimum absolute atomic E-state index is 0.172. The van der Waals surface area contributed by atoms with Gasteiger partial charge in [0.1, 0.15) is 0 Å². The average molecular weight is 305 g/mol. The number of methoxy groups -OCH3 is 2. The first kappa shape index (κ1) is 18.0. The Morgan fingerprint density at radius 2 is 1.62 bits per heavy atom. The van der Waals surface area contributed by atoms with Crippen molar-refractivity contribution in [2.24, 2.45) is 0 Å². The Morgan fingerprint density at radius 1 is 1.00 bits per heavy atom. The SMILES string of the molecule is COC(CC(CC#CC[Si](C)(C)C)c1ccccc1)OC. The summed E-state index contributed by atoms with van der Waals surface area (Å²) >= 11 is 0. The Morgan fingerprint density at radius 3 is 2.14 bits per heavy atom. The topological polar surface area (TPSA) is 18.5 Å². The van der Waals surface area contributed by atoms with Crippen molar-refractivity contribution in [1.82, 2.24) is 0 Å². The molecule has 0 spiro atoms. The van der Waals surface area contributed by atoms with Gasteiger partial charge in [-0.25, -0.2) is 0 Å². The Balaban J connectivity index is 2.73. The summed E-state index contributed by atoms with van der Waals surface area (Å²) in [6.07, 6.45) is 1.52. The first-order valence-corrected chi connectivity index (χ1v) is 11.2. The number of rotatable bonds is 7. The van der Waals surface area contributed by atoms with Gasteiger partial charge >= 0.3 is 0 Å². The highest BCUT2D eigenvalue weighted by Crippen LogP contribution is 2.25. The summed E-state index contributed by atoms with van der Waals surface area (Å²) in [5.41, 5.74) is 1.30. The zero-order valence-corrected chi connectivity index (χ0v) is 15.0. The van der Waals surface area contributed by atoms with E-state index in [1.165, 1.54) is 5.56 Å². The van der Waals surface area contributed by atoms with Crippen molar-refractivity contribution in [3.63, 3.8) is 0 Å². The van der Waals surface area contributed by atoms with Gasteiger partial charge in [-0.05, 0) is 11.5 Å². The monoisotopic (exact) mass is 304 g/mol. The van der Waals surface area contributed by atoms with E-state index in [1.807, 2.05) is 6.07 Å². The third kappa shape index (κ3) is 7.47. The van der Waals surface area contributed by atoms with Crippen molar-refractivity contribution in [2.45, 2.75) is 50.7 Å². The van der Waals surface area contributed by atoms with Crippen LogP contribution in [-0.2, 0) is 9.47 Å². The van der Waals surface area contributed by atoms with E-state index in [0.717, 1.165) is 18.9 Å². The van der Waals surface area contributed by atoms with E-state index in [1.54, 1.807) is 14.2 Å². The molecule has 0 aromatic heterocycles. The maximum atomic E-state index is 5.35.